The molecule has 40 heavy (non-hydrogen) atoms. The Labute approximate surface area is 235 Å². The Balaban J connectivity index is 1.25. The van der Waals surface area contributed by atoms with Gasteiger partial charge in [0.15, 0.2) is 0 Å². The second kappa shape index (κ2) is 9.85. The number of aliphatic hydroxyl groups is 1. The third kappa shape index (κ3) is 4.50. The lowest BCUT2D eigenvalue weighted by molar-refractivity contribution is -0.0123. The van der Waals surface area contributed by atoms with Crippen molar-refractivity contribution in [1.82, 2.24) is 25.1 Å². The Hall–Kier alpha value is -2.95. The Morgan fingerprint density at radius 1 is 1.10 bits per heavy atom. The summed E-state index contributed by atoms with van der Waals surface area (Å²) in [7, 11) is 0. The summed E-state index contributed by atoms with van der Waals surface area (Å²) in [6, 6.07) is 2.62. The molecule has 2 aromatic heterocycles. The SMILES string of the molecule is Cc1cc2[nH]ncc2c(N2CCc3c(nc(OCC45CCCN4CCC5)nc3N3CCOCC(C)(O)C3)C2)c1C. The zero-order chi connectivity index (χ0) is 27.5. The topological polar surface area (TPSA) is 103 Å². The average Bonchev–Trinajstić information content (AvgIpc) is 3.62. The predicted molar refractivity (Wildman–Crippen MR) is 154 cm³/mol. The van der Waals surface area contributed by atoms with E-state index in [9.17, 15) is 5.11 Å². The first-order valence-corrected chi connectivity index (χ1v) is 14.8. The maximum Gasteiger partial charge on any atom is 0.318 e. The van der Waals surface area contributed by atoms with Gasteiger partial charge in [-0.15, -0.1) is 0 Å². The van der Waals surface area contributed by atoms with Gasteiger partial charge >= 0.3 is 6.01 Å². The molecule has 0 saturated carbocycles. The van der Waals surface area contributed by atoms with Crippen molar-refractivity contribution in [1.29, 1.82) is 0 Å². The number of benzene rings is 1. The summed E-state index contributed by atoms with van der Waals surface area (Å²) in [4.78, 5) is 17.3. The molecule has 10 heteroatoms. The summed E-state index contributed by atoms with van der Waals surface area (Å²) in [6.45, 7) is 12.7. The number of ether oxygens (including phenoxy) is 2. The van der Waals surface area contributed by atoms with Gasteiger partial charge in [-0.2, -0.15) is 15.1 Å². The molecule has 0 spiro atoms. The molecule has 0 radical (unpaired) electrons. The van der Waals surface area contributed by atoms with Crippen LogP contribution >= 0.6 is 0 Å². The van der Waals surface area contributed by atoms with E-state index >= 15 is 0 Å². The van der Waals surface area contributed by atoms with Crippen molar-refractivity contribution in [3.8, 4) is 6.01 Å². The van der Waals surface area contributed by atoms with E-state index in [0.29, 0.717) is 45.5 Å². The van der Waals surface area contributed by atoms with Crippen molar-refractivity contribution in [2.45, 2.75) is 70.6 Å². The smallest absolute Gasteiger partial charge is 0.318 e. The molecule has 4 aliphatic heterocycles. The summed E-state index contributed by atoms with van der Waals surface area (Å²) >= 11 is 0. The molecule has 3 saturated heterocycles. The van der Waals surface area contributed by atoms with Crippen LogP contribution in [-0.2, 0) is 17.7 Å². The van der Waals surface area contributed by atoms with E-state index in [1.165, 1.54) is 42.5 Å². The van der Waals surface area contributed by atoms with E-state index in [2.05, 4.69) is 44.8 Å². The normalized spacial score (nSPS) is 24.8. The Bertz CT molecular complexity index is 1410. The second-order valence-electron chi connectivity index (χ2n) is 12.6. The summed E-state index contributed by atoms with van der Waals surface area (Å²) in [5.41, 5.74) is 6.11. The van der Waals surface area contributed by atoms with Crippen LogP contribution in [0.25, 0.3) is 10.9 Å². The van der Waals surface area contributed by atoms with Crippen LogP contribution in [0.1, 0.15) is 55.0 Å². The third-order valence-corrected chi connectivity index (χ3v) is 9.60. The van der Waals surface area contributed by atoms with Gasteiger partial charge in [0.05, 0.1) is 54.9 Å². The van der Waals surface area contributed by atoms with Gasteiger partial charge in [-0.25, -0.2) is 0 Å². The molecule has 4 aliphatic rings. The van der Waals surface area contributed by atoms with Crippen LogP contribution in [0.3, 0.4) is 0 Å². The molecule has 0 amide bonds. The molecule has 3 aromatic rings. The van der Waals surface area contributed by atoms with Gasteiger partial charge in [-0.3, -0.25) is 10.00 Å². The van der Waals surface area contributed by atoms with E-state index in [4.69, 9.17) is 19.4 Å². The van der Waals surface area contributed by atoms with Crippen LogP contribution in [-0.4, -0.2) is 93.9 Å². The summed E-state index contributed by atoms with van der Waals surface area (Å²) in [5.74, 6) is 0.882. The van der Waals surface area contributed by atoms with Crippen molar-refractivity contribution in [3.63, 3.8) is 0 Å². The van der Waals surface area contributed by atoms with Gasteiger partial charge in [0, 0.05) is 24.0 Å². The first-order chi connectivity index (χ1) is 19.3. The molecule has 0 bridgehead atoms. The first-order valence-electron chi connectivity index (χ1n) is 14.8. The number of fused-ring (bicyclic) bond motifs is 3. The lowest BCUT2D eigenvalue weighted by atomic mass is 9.95. The zero-order valence-corrected chi connectivity index (χ0v) is 24.0. The Morgan fingerprint density at radius 2 is 1.93 bits per heavy atom. The molecule has 1 unspecified atom stereocenters. The summed E-state index contributed by atoms with van der Waals surface area (Å²) < 4.78 is 12.2. The minimum atomic E-state index is -0.950. The van der Waals surface area contributed by atoms with Gasteiger partial charge in [-0.1, -0.05) is 0 Å². The molecule has 6 heterocycles. The number of aromatic amines is 1. The number of anilines is 2. The highest BCUT2D eigenvalue weighted by Gasteiger charge is 2.45. The summed E-state index contributed by atoms with van der Waals surface area (Å²) in [6.07, 6.45) is 7.57. The van der Waals surface area contributed by atoms with E-state index in [1.807, 2.05) is 13.1 Å². The van der Waals surface area contributed by atoms with E-state index in [0.717, 1.165) is 54.0 Å². The molecule has 1 aromatic carbocycles. The maximum atomic E-state index is 11.0. The standard InChI is InChI=1S/C30H41N7O3/c1-20-14-24-23(15-31-34-24)26(21(20)2)35-11-6-22-25(16-35)32-28(40-19-30-7-4-9-37(30)10-5-8-30)33-27(22)36-12-13-39-18-29(3,38)17-36/h14-15,38H,4-13,16-19H2,1-3H3,(H,31,34). The number of nitrogens with zero attached hydrogens (tertiary/aromatic N) is 6. The van der Waals surface area contributed by atoms with Crippen LogP contribution in [0.5, 0.6) is 6.01 Å². The molecule has 1 atom stereocenters. The van der Waals surface area contributed by atoms with Gasteiger partial charge in [0.25, 0.3) is 0 Å². The molecule has 3 fully saturated rings. The number of hydrogen-bond donors (Lipinski definition) is 2. The van der Waals surface area contributed by atoms with Gasteiger partial charge in [-0.05, 0) is 83.2 Å². The molecular formula is C30H41N7O3. The van der Waals surface area contributed by atoms with E-state index in [1.54, 1.807) is 0 Å². The fourth-order valence-corrected chi connectivity index (χ4v) is 7.46. The van der Waals surface area contributed by atoms with E-state index in [-0.39, 0.29) is 5.54 Å². The monoisotopic (exact) mass is 547 g/mol. The average molecular weight is 548 g/mol. The molecule has 10 nitrogen and oxygen atoms in total. The van der Waals surface area contributed by atoms with Gasteiger partial charge in [0.1, 0.15) is 18.0 Å². The fraction of sp³-hybridized carbons (Fsp3) is 0.633. The van der Waals surface area contributed by atoms with Crippen molar-refractivity contribution in [2.24, 2.45) is 0 Å². The van der Waals surface area contributed by atoms with Crippen molar-refractivity contribution in [2.75, 3.05) is 62.3 Å². The number of aryl methyl sites for hydroxylation is 1. The Kier molecular flexibility index (Phi) is 6.40. The van der Waals surface area contributed by atoms with Gasteiger partial charge < -0.3 is 24.4 Å². The molecule has 2 N–H and O–H groups in total. The minimum absolute atomic E-state index is 0.122. The minimum Gasteiger partial charge on any atom is -0.461 e. The molecular weight excluding hydrogens is 506 g/mol. The van der Waals surface area contributed by atoms with Crippen molar-refractivity contribution in [3.05, 3.63) is 34.6 Å². The highest BCUT2D eigenvalue weighted by molar-refractivity contribution is 5.94. The Morgan fingerprint density at radius 3 is 2.75 bits per heavy atom. The van der Waals surface area contributed by atoms with Crippen molar-refractivity contribution < 1.29 is 14.6 Å². The first kappa shape index (κ1) is 26.0. The van der Waals surface area contributed by atoms with E-state index < -0.39 is 5.60 Å². The number of H-pyrrole nitrogens is 1. The lowest BCUT2D eigenvalue weighted by Crippen LogP contribution is -2.44. The van der Waals surface area contributed by atoms with Crippen LogP contribution < -0.4 is 14.5 Å². The molecule has 7 rings (SSSR count). The van der Waals surface area contributed by atoms with Crippen LogP contribution in [0.15, 0.2) is 12.3 Å². The molecule has 214 valence electrons. The van der Waals surface area contributed by atoms with Gasteiger partial charge in [0.2, 0.25) is 0 Å². The van der Waals surface area contributed by atoms with Crippen LogP contribution in [0, 0.1) is 13.8 Å². The third-order valence-electron chi connectivity index (χ3n) is 9.60. The lowest BCUT2D eigenvalue weighted by Gasteiger charge is -2.36. The largest absolute Gasteiger partial charge is 0.461 e. The maximum absolute atomic E-state index is 11.0. The van der Waals surface area contributed by atoms with Crippen molar-refractivity contribution >= 4 is 22.4 Å². The number of rotatable bonds is 5. The number of β-amino-alcohol motifs (C(OH)–C–C–N with tert-alkyl or cyclic N) is 1. The highest BCUT2D eigenvalue weighted by atomic mass is 16.5. The van der Waals surface area contributed by atoms with Crippen LogP contribution in [0.2, 0.25) is 0 Å². The zero-order valence-electron chi connectivity index (χ0n) is 24.0. The molecule has 0 aliphatic carbocycles. The number of aromatic nitrogens is 4. The fourth-order valence-electron chi connectivity index (χ4n) is 7.46. The second-order valence-corrected chi connectivity index (χ2v) is 12.6. The quantitative estimate of drug-likeness (QED) is 0.499. The number of nitrogens with one attached hydrogen (secondary N) is 1. The highest BCUT2D eigenvalue weighted by Crippen LogP contribution is 2.40. The number of hydrogen-bond acceptors (Lipinski definition) is 9. The summed E-state index contributed by atoms with van der Waals surface area (Å²) in [5, 5.41) is 19.6. The van der Waals surface area contributed by atoms with Crippen LogP contribution in [0.4, 0.5) is 11.5 Å². The predicted octanol–water partition coefficient (Wildman–Crippen LogP) is 3.13.